The van der Waals surface area contributed by atoms with Crippen LogP contribution in [0.15, 0.2) is 146 Å². The van der Waals surface area contributed by atoms with Crippen molar-refractivity contribution in [2.24, 2.45) is 0 Å². The second-order valence-corrected chi connectivity index (χ2v) is 10.8. The van der Waals surface area contributed by atoms with Gasteiger partial charge >= 0.3 is 0 Å². The molecule has 6 aromatic carbocycles. The van der Waals surface area contributed by atoms with Gasteiger partial charge in [-0.2, -0.15) is 0 Å². The van der Waals surface area contributed by atoms with Crippen molar-refractivity contribution >= 4 is 49.8 Å². The topological polar surface area (TPSA) is 34.0 Å². The molecule has 0 atom stereocenters. The fourth-order valence-corrected chi connectivity index (χ4v) is 6.63. The van der Waals surface area contributed by atoms with Crippen LogP contribution < -0.4 is 4.90 Å². The molecule has 0 aliphatic carbocycles. The van der Waals surface area contributed by atoms with Crippen LogP contribution in [0.4, 0.5) is 17.2 Å². The van der Waals surface area contributed by atoms with Crippen LogP contribution in [0.25, 0.3) is 60.5 Å². The van der Waals surface area contributed by atoms with Gasteiger partial charge in [0.25, 0.3) is 0 Å². The Kier molecular flexibility index (Phi) is 4.87. The van der Waals surface area contributed by atoms with E-state index in [1.165, 1.54) is 43.7 Å². The Labute approximate surface area is 242 Å². The van der Waals surface area contributed by atoms with E-state index in [0.717, 1.165) is 34.0 Å². The molecule has 42 heavy (non-hydrogen) atoms. The zero-order valence-electron chi connectivity index (χ0n) is 22.6. The lowest BCUT2D eigenvalue weighted by atomic mass is 9.90. The van der Waals surface area contributed by atoms with Crippen molar-refractivity contribution in [2.45, 2.75) is 0 Å². The van der Waals surface area contributed by atoms with E-state index >= 15 is 0 Å². The number of nitrogens with zero attached hydrogens (tertiary/aromatic N) is 4. The summed E-state index contributed by atoms with van der Waals surface area (Å²) in [4.78, 5) is 11.6. The Morgan fingerprint density at radius 3 is 2.19 bits per heavy atom. The molecule has 0 radical (unpaired) electrons. The smallest absolute Gasteiger partial charge is 0.148 e. The summed E-state index contributed by atoms with van der Waals surface area (Å²) in [7, 11) is 0. The molecule has 0 spiro atoms. The summed E-state index contributed by atoms with van der Waals surface area (Å²) < 4.78 is 2.35. The van der Waals surface area contributed by atoms with Crippen molar-refractivity contribution < 1.29 is 0 Å². The van der Waals surface area contributed by atoms with Gasteiger partial charge in [-0.3, -0.25) is 4.90 Å². The average Bonchev–Trinajstić information content (AvgIpc) is 3.39. The Bertz CT molecular complexity index is 2300. The van der Waals surface area contributed by atoms with Crippen molar-refractivity contribution in [3.63, 3.8) is 0 Å². The first-order chi connectivity index (χ1) is 20.8. The lowest BCUT2D eigenvalue weighted by Gasteiger charge is -2.32. The molecule has 1 aliphatic heterocycles. The fraction of sp³-hybridized carbons (Fsp3) is 0. The van der Waals surface area contributed by atoms with Crippen LogP contribution >= 0.6 is 0 Å². The summed E-state index contributed by atoms with van der Waals surface area (Å²) in [6.45, 7) is 0. The lowest BCUT2D eigenvalue weighted by molar-refractivity contribution is 1.11. The second kappa shape index (κ2) is 8.88. The molecule has 3 heterocycles. The van der Waals surface area contributed by atoms with E-state index in [1.807, 2.05) is 6.20 Å². The van der Waals surface area contributed by atoms with Crippen molar-refractivity contribution in [3.05, 3.63) is 146 Å². The molecule has 0 saturated carbocycles. The number of hydrogen-bond acceptors (Lipinski definition) is 3. The normalized spacial score (nSPS) is 12.2. The summed E-state index contributed by atoms with van der Waals surface area (Å²) in [5, 5.41) is 4.85. The number of fused-ring (bicyclic) bond motifs is 5. The Hall–Kier alpha value is -5.74. The molecule has 4 nitrogen and oxygen atoms in total. The van der Waals surface area contributed by atoms with Crippen LogP contribution in [0.3, 0.4) is 0 Å². The van der Waals surface area contributed by atoms with E-state index in [4.69, 9.17) is 4.98 Å². The Balaban J connectivity index is 1.31. The highest BCUT2D eigenvalue weighted by molar-refractivity contribution is 6.16. The van der Waals surface area contributed by atoms with Gasteiger partial charge in [-0.05, 0) is 76.7 Å². The van der Waals surface area contributed by atoms with Crippen LogP contribution in [0.2, 0.25) is 0 Å². The first-order valence-electron chi connectivity index (χ1n) is 14.2. The molecule has 196 valence electrons. The molecule has 0 amide bonds. The van der Waals surface area contributed by atoms with Crippen LogP contribution in [-0.2, 0) is 0 Å². The summed E-state index contributed by atoms with van der Waals surface area (Å²) in [5.74, 6) is 0.890. The largest absolute Gasteiger partial charge is 0.309 e. The predicted molar refractivity (Wildman–Crippen MR) is 173 cm³/mol. The first kappa shape index (κ1) is 23.0. The number of aromatic nitrogens is 3. The van der Waals surface area contributed by atoms with Gasteiger partial charge in [0.15, 0.2) is 0 Å². The van der Waals surface area contributed by atoms with Gasteiger partial charge in [0.2, 0.25) is 0 Å². The van der Waals surface area contributed by atoms with Crippen molar-refractivity contribution in [2.75, 3.05) is 4.90 Å². The Morgan fingerprint density at radius 1 is 0.524 bits per heavy atom. The summed E-state index contributed by atoms with van der Waals surface area (Å²) in [6, 6.07) is 47.7. The quantitative estimate of drug-likeness (QED) is 0.225. The third-order valence-electron chi connectivity index (χ3n) is 8.42. The molecule has 2 aromatic heterocycles. The molecule has 4 heteroatoms. The minimum absolute atomic E-state index is 0.890. The van der Waals surface area contributed by atoms with E-state index in [9.17, 15) is 0 Å². The van der Waals surface area contributed by atoms with Gasteiger partial charge in [0, 0.05) is 39.3 Å². The number of rotatable bonds is 3. The van der Waals surface area contributed by atoms with Crippen LogP contribution in [-0.4, -0.2) is 14.5 Å². The van der Waals surface area contributed by atoms with Crippen LogP contribution in [0, 0.1) is 0 Å². The highest BCUT2D eigenvalue weighted by Crippen LogP contribution is 2.51. The number of hydrogen-bond donors (Lipinski definition) is 0. The first-order valence-corrected chi connectivity index (χ1v) is 14.2. The van der Waals surface area contributed by atoms with E-state index in [2.05, 4.69) is 148 Å². The van der Waals surface area contributed by atoms with Crippen molar-refractivity contribution in [3.8, 4) is 27.9 Å². The molecule has 0 unspecified atom stereocenters. The zero-order chi connectivity index (χ0) is 27.6. The summed E-state index contributed by atoms with van der Waals surface area (Å²) in [5.41, 5.74) is 10.3. The van der Waals surface area contributed by atoms with Gasteiger partial charge in [0.05, 0.1) is 16.7 Å². The third kappa shape index (κ3) is 3.29. The third-order valence-corrected chi connectivity index (χ3v) is 8.42. The molecule has 1 aliphatic rings. The minimum Gasteiger partial charge on any atom is -0.309 e. The SMILES string of the molecule is c1ccc(-c2cc3c4c(cccc4c2)N(c2ccc4c(c2)c2ccccc2n4-c2ccccc2)c2ncncc2-3)cc1. The molecule has 0 fully saturated rings. The second-order valence-electron chi connectivity index (χ2n) is 10.8. The van der Waals surface area contributed by atoms with Gasteiger partial charge in [0.1, 0.15) is 12.1 Å². The molecule has 0 saturated heterocycles. The number of benzene rings is 6. The van der Waals surface area contributed by atoms with E-state index in [1.54, 1.807) is 6.33 Å². The van der Waals surface area contributed by atoms with Crippen LogP contribution in [0.1, 0.15) is 0 Å². The summed E-state index contributed by atoms with van der Waals surface area (Å²) >= 11 is 0. The van der Waals surface area contributed by atoms with E-state index in [0.29, 0.717) is 0 Å². The molecule has 0 N–H and O–H groups in total. The predicted octanol–water partition coefficient (Wildman–Crippen LogP) is 9.84. The van der Waals surface area contributed by atoms with Crippen LogP contribution in [0.5, 0.6) is 0 Å². The zero-order valence-corrected chi connectivity index (χ0v) is 22.6. The standard InChI is InChI=1S/C38H24N4/c1-3-10-25(11-4-1)27-20-26-12-9-17-36-37(26)32(21-27)33-23-39-24-40-38(33)42(36)29-18-19-35-31(22-29)30-15-7-8-16-34(30)41(35)28-13-5-2-6-14-28/h1-24H. The fourth-order valence-electron chi connectivity index (χ4n) is 6.63. The average molecular weight is 537 g/mol. The highest BCUT2D eigenvalue weighted by atomic mass is 15.2. The maximum atomic E-state index is 4.87. The van der Waals surface area contributed by atoms with Crippen molar-refractivity contribution in [1.29, 1.82) is 0 Å². The Morgan fingerprint density at radius 2 is 1.31 bits per heavy atom. The van der Waals surface area contributed by atoms with Crippen molar-refractivity contribution in [1.82, 2.24) is 14.5 Å². The maximum absolute atomic E-state index is 4.87. The van der Waals surface area contributed by atoms with Gasteiger partial charge < -0.3 is 4.57 Å². The van der Waals surface area contributed by atoms with Gasteiger partial charge in [-0.25, -0.2) is 9.97 Å². The molecule has 8 aromatic rings. The minimum atomic E-state index is 0.890. The van der Waals surface area contributed by atoms with E-state index in [-0.39, 0.29) is 0 Å². The summed E-state index contributed by atoms with van der Waals surface area (Å²) in [6.07, 6.45) is 3.60. The monoisotopic (exact) mass is 536 g/mol. The molecule has 0 bridgehead atoms. The highest BCUT2D eigenvalue weighted by Gasteiger charge is 2.28. The molecular weight excluding hydrogens is 512 g/mol. The maximum Gasteiger partial charge on any atom is 0.148 e. The molecule has 9 rings (SSSR count). The molecular formula is C38H24N4. The van der Waals surface area contributed by atoms with E-state index < -0.39 is 0 Å². The van der Waals surface area contributed by atoms with Gasteiger partial charge in [-0.15, -0.1) is 0 Å². The van der Waals surface area contributed by atoms with Gasteiger partial charge in [-0.1, -0.05) is 78.9 Å². The number of anilines is 3. The lowest BCUT2D eigenvalue weighted by Crippen LogP contribution is -2.16. The number of para-hydroxylation sites is 2.